The third-order valence-corrected chi connectivity index (χ3v) is 3.63. The second-order valence-electron chi connectivity index (χ2n) is 5.21. The number of rotatable bonds is 3. The molecular weight excluding hydrogens is 329 g/mol. The summed E-state index contributed by atoms with van der Waals surface area (Å²) in [5, 5.41) is 21.4. The highest BCUT2D eigenvalue weighted by Gasteiger charge is 2.39. The monoisotopic (exact) mass is 342 g/mol. The van der Waals surface area contributed by atoms with Gasteiger partial charge in [-0.2, -0.15) is 13.2 Å². The van der Waals surface area contributed by atoms with Crippen molar-refractivity contribution in [3.8, 4) is 0 Å². The minimum Gasteiger partial charge on any atom is -0.478 e. The number of nitrogens with one attached hydrogen (secondary N) is 1. The number of hydrogen-bond acceptors (Lipinski definition) is 4. The molecule has 0 bridgehead atoms. The summed E-state index contributed by atoms with van der Waals surface area (Å²) in [5.41, 5.74) is -1.74. The molecule has 0 unspecified atom stereocenters. The number of hydrogen-bond donors (Lipinski definition) is 3. The molecule has 1 aliphatic rings. The fourth-order valence-electron chi connectivity index (χ4n) is 2.64. The van der Waals surface area contributed by atoms with Gasteiger partial charge >= 0.3 is 18.1 Å². The zero-order valence-corrected chi connectivity index (χ0v) is 12.6. The molecule has 0 aliphatic carbocycles. The fourth-order valence-corrected chi connectivity index (χ4v) is 2.64. The van der Waals surface area contributed by atoms with E-state index in [9.17, 15) is 33.0 Å². The van der Waals surface area contributed by atoms with E-state index in [0.717, 1.165) is 12.3 Å². The molecule has 3 N–H and O–H groups in total. The van der Waals surface area contributed by atoms with Gasteiger partial charge in [-0.25, -0.2) is 9.59 Å². The molecule has 128 valence electrons. The third-order valence-electron chi connectivity index (χ3n) is 3.63. The summed E-state index contributed by atoms with van der Waals surface area (Å²) in [4.78, 5) is 26.9. The smallest absolute Gasteiger partial charge is 0.416 e. The van der Waals surface area contributed by atoms with Crippen LogP contribution in [0.15, 0.2) is 40.9 Å². The van der Waals surface area contributed by atoms with Gasteiger partial charge in [0.15, 0.2) is 0 Å². The van der Waals surface area contributed by atoms with Gasteiger partial charge in [-0.05, 0) is 26.0 Å². The van der Waals surface area contributed by atoms with Crippen molar-refractivity contribution in [3.05, 3.63) is 52.1 Å². The second-order valence-corrected chi connectivity index (χ2v) is 5.21. The quantitative estimate of drug-likeness (QED) is 0.780. The number of aromatic nitrogens is 1. The number of aliphatic carboxylic acids is 2. The summed E-state index contributed by atoms with van der Waals surface area (Å²) in [6.07, 6.45) is -3.78. The second kappa shape index (κ2) is 5.99. The molecule has 1 aliphatic heterocycles. The van der Waals surface area contributed by atoms with Crippen molar-refractivity contribution in [1.82, 2.24) is 10.3 Å². The zero-order valence-electron chi connectivity index (χ0n) is 12.6. The summed E-state index contributed by atoms with van der Waals surface area (Å²) in [6.45, 7) is 2.82. The molecule has 6 nitrogen and oxygen atoms in total. The van der Waals surface area contributed by atoms with Gasteiger partial charge < -0.3 is 15.5 Å². The summed E-state index contributed by atoms with van der Waals surface area (Å²) in [5.74, 6) is -4.28. The van der Waals surface area contributed by atoms with E-state index in [0.29, 0.717) is 6.07 Å². The van der Waals surface area contributed by atoms with Gasteiger partial charge in [0.25, 0.3) is 0 Å². The molecule has 0 saturated heterocycles. The number of nitrogens with zero attached hydrogens (tertiary/aromatic N) is 1. The molecule has 0 amide bonds. The van der Waals surface area contributed by atoms with Crippen LogP contribution in [0.2, 0.25) is 0 Å². The lowest BCUT2D eigenvalue weighted by Crippen LogP contribution is -2.31. The molecule has 2 heterocycles. The average molecular weight is 342 g/mol. The Morgan fingerprint density at radius 2 is 1.62 bits per heavy atom. The Hall–Kier alpha value is -2.84. The van der Waals surface area contributed by atoms with E-state index in [-0.39, 0.29) is 28.2 Å². The lowest BCUT2D eigenvalue weighted by atomic mass is 9.82. The Kier molecular flexibility index (Phi) is 4.37. The van der Waals surface area contributed by atoms with Gasteiger partial charge in [0, 0.05) is 17.6 Å². The van der Waals surface area contributed by atoms with E-state index < -0.39 is 29.6 Å². The lowest BCUT2D eigenvalue weighted by molar-refractivity contribution is -0.137. The van der Waals surface area contributed by atoms with Crippen LogP contribution < -0.4 is 5.32 Å². The van der Waals surface area contributed by atoms with Crippen molar-refractivity contribution in [1.29, 1.82) is 0 Å². The number of carboxylic acid groups (broad SMARTS) is 2. The van der Waals surface area contributed by atoms with Gasteiger partial charge in [-0.15, -0.1) is 0 Å². The van der Waals surface area contributed by atoms with Gasteiger partial charge in [-0.3, -0.25) is 4.98 Å². The average Bonchev–Trinajstić information content (AvgIpc) is 2.44. The highest BCUT2D eigenvalue weighted by Crippen LogP contribution is 2.39. The highest BCUT2D eigenvalue weighted by molar-refractivity contribution is 5.98. The normalized spacial score (nSPS) is 16.2. The Labute approximate surface area is 134 Å². The van der Waals surface area contributed by atoms with Crippen LogP contribution >= 0.6 is 0 Å². The van der Waals surface area contributed by atoms with Crippen molar-refractivity contribution in [2.45, 2.75) is 25.9 Å². The van der Waals surface area contributed by atoms with Gasteiger partial charge in [0.1, 0.15) is 0 Å². The molecule has 0 fully saturated rings. The van der Waals surface area contributed by atoms with Crippen molar-refractivity contribution in [2.75, 3.05) is 0 Å². The van der Waals surface area contributed by atoms with Crippen LogP contribution in [0.4, 0.5) is 13.2 Å². The van der Waals surface area contributed by atoms with Crippen LogP contribution in [-0.2, 0) is 15.8 Å². The maximum Gasteiger partial charge on any atom is 0.416 e. The topological polar surface area (TPSA) is 99.5 Å². The van der Waals surface area contributed by atoms with E-state index in [4.69, 9.17) is 0 Å². The molecule has 0 atom stereocenters. The predicted octanol–water partition coefficient (Wildman–Crippen LogP) is 2.50. The summed E-state index contributed by atoms with van der Waals surface area (Å²) < 4.78 is 38.7. The molecule has 9 heteroatoms. The summed E-state index contributed by atoms with van der Waals surface area (Å²) in [7, 11) is 0. The van der Waals surface area contributed by atoms with Crippen molar-refractivity contribution < 1.29 is 33.0 Å². The predicted molar refractivity (Wildman–Crippen MR) is 75.8 cm³/mol. The minimum absolute atomic E-state index is 0.147. The van der Waals surface area contributed by atoms with E-state index in [2.05, 4.69) is 10.3 Å². The van der Waals surface area contributed by atoms with Crippen molar-refractivity contribution in [2.24, 2.45) is 0 Å². The number of dihydropyridines is 1. The maximum absolute atomic E-state index is 12.9. The molecule has 0 radical (unpaired) electrons. The van der Waals surface area contributed by atoms with Crippen molar-refractivity contribution >= 4 is 11.9 Å². The molecule has 0 saturated carbocycles. The SMILES string of the molecule is CC1=C(C(=O)O)C(c2cc(C(F)(F)F)ccn2)C(C(=O)O)=C(C)N1. The number of carboxylic acids is 2. The fraction of sp³-hybridized carbons (Fsp3) is 0.267. The number of pyridine rings is 1. The van der Waals surface area contributed by atoms with Crippen LogP contribution in [0, 0.1) is 0 Å². The molecule has 0 spiro atoms. The van der Waals surface area contributed by atoms with Crippen molar-refractivity contribution in [3.63, 3.8) is 0 Å². The number of alkyl halides is 3. The van der Waals surface area contributed by atoms with E-state index in [1.807, 2.05) is 0 Å². The first-order valence-electron chi connectivity index (χ1n) is 6.72. The number of halogens is 3. The third kappa shape index (κ3) is 3.10. The van der Waals surface area contributed by atoms with E-state index >= 15 is 0 Å². The zero-order chi connectivity index (χ0) is 18.2. The molecular formula is C15H13F3N2O4. The molecule has 24 heavy (non-hydrogen) atoms. The lowest BCUT2D eigenvalue weighted by Gasteiger charge is -2.28. The van der Waals surface area contributed by atoms with Gasteiger partial charge in [-0.1, -0.05) is 0 Å². The standard InChI is InChI=1S/C15H13F3N2O4/c1-6-10(13(21)22)12(11(14(23)24)7(2)20-6)9-5-8(3-4-19-9)15(16,17)18/h3-5,12,20H,1-2H3,(H,21,22)(H,23,24). The molecule has 2 rings (SSSR count). The van der Waals surface area contributed by atoms with E-state index in [1.54, 1.807) is 0 Å². The number of allylic oxidation sites excluding steroid dienone is 2. The van der Waals surface area contributed by atoms with Gasteiger partial charge in [0.05, 0.1) is 28.3 Å². The van der Waals surface area contributed by atoms with Crippen LogP contribution in [0.25, 0.3) is 0 Å². The van der Waals surface area contributed by atoms with Crippen LogP contribution in [0.1, 0.15) is 31.0 Å². The largest absolute Gasteiger partial charge is 0.478 e. The first kappa shape index (κ1) is 17.5. The van der Waals surface area contributed by atoms with Gasteiger partial charge in [0.2, 0.25) is 0 Å². The van der Waals surface area contributed by atoms with Crippen LogP contribution in [-0.4, -0.2) is 27.1 Å². The Bertz CT molecular complexity index is 745. The minimum atomic E-state index is -4.66. The van der Waals surface area contributed by atoms with Crippen LogP contribution in [0.5, 0.6) is 0 Å². The van der Waals surface area contributed by atoms with E-state index in [1.165, 1.54) is 13.8 Å². The highest BCUT2D eigenvalue weighted by atomic mass is 19.4. The number of carbonyl (C=O) groups is 2. The maximum atomic E-state index is 12.9. The first-order chi connectivity index (χ1) is 11.0. The van der Waals surface area contributed by atoms with Crippen LogP contribution in [0.3, 0.4) is 0 Å². The Balaban J connectivity index is 2.71. The first-order valence-corrected chi connectivity index (χ1v) is 6.72. The summed E-state index contributed by atoms with van der Waals surface area (Å²) in [6, 6.07) is 1.40. The summed E-state index contributed by atoms with van der Waals surface area (Å²) >= 11 is 0. The molecule has 1 aromatic heterocycles. The molecule has 0 aromatic carbocycles. The Morgan fingerprint density at radius 1 is 1.12 bits per heavy atom. The molecule has 1 aromatic rings. The Morgan fingerprint density at radius 3 is 2.04 bits per heavy atom.